The molecule has 0 bridgehead atoms. The number of benzene rings is 1. The number of ketones is 1. The molecule has 3 rings (SSSR count). The van der Waals surface area contributed by atoms with Gasteiger partial charge in [-0.05, 0) is 56.2 Å². The Balaban J connectivity index is 1.73. The average molecular weight is 339 g/mol. The van der Waals surface area contributed by atoms with Crippen molar-refractivity contribution in [2.75, 3.05) is 0 Å². The summed E-state index contributed by atoms with van der Waals surface area (Å²) >= 11 is 0. The van der Waals surface area contributed by atoms with Gasteiger partial charge in [-0.1, -0.05) is 42.7 Å². The Labute approximate surface area is 150 Å². The smallest absolute Gasteiger partial charge is 0.220 e. The normalized spacial score (nSPS) is 24.1. The molecule has 25 heavy (non-hydrogen) atoms. The number of Topliss-reactive ketones (excluding diaryl/α,β-unsaturated/α-hetero) is 1. The van der Waals surface area contributed by atoms with Crippen LogP contribution in [0.25, 0.3) is 0 Å². The van der Waals surface area contributed by atoms with E-state index in [1.54, 1.807) is 0 Å². The zero-order valence-electron chi connectivity index (χ0n) is 15.7. The van der Waals surface area contributed by atoms with E-state index >= 15 is 0 Å². The van der Waals surface area contributed by atoms with Crippen LogP contribution >= 0.6 is 0 Å². The van der Waals surface area contributed by atoms with Gasteiger partial charge < -0.3 is 5.32 Å². The van der Waals surface area contributed by atoms with Crippen LogP contribution in [0.2, 0.25) is 0 Å². The lowest BCUT2D eigenvalue weighted by Gasteiger charge is -2.20. The van der Waals surface area contributed by atoms with Gasteiger partial charge in [0.05, 0.1) is 5.92 Å². The van der Waals surface area contributed by atoms with Crippen LogP contribution < -0.4 is 5.32 Å². The van der Waals surface area contributed by atoms with Gasteiger partial charge in [-0.2, -0.15) is 0 Å². The number of amides is 1. The summed E-state index contributed by atoms with van der Waals surface area (Å²) in [5, 5.41) is 3.13. The molecule has 2 saturated carbocycles. The molecule has 0 aliphatic heterocycles. The van der Waals surface area contributed by atoms with Crippen molar-refractivity contribution in [2.45, 2.75) is 71.3 Å². The zero-order chi connectivity index (χ0) is 18.1. The van der Waals surface area contributed by atoms with E-state index in [1.807, 2.05) is 0 Å². The van der Waals surface area contributed by atoms with Crippen LogP contribution in [0.4, 0.5) is 0 Å². The fraction of sp³-hybridized carbons (Fsp3) is 0.545. The van der Waals surface area contributed by atoms with Crippen molar-refractivity contribution < 1.29 is 9.59 Å². The fourth-order valence-corrected chi connectivity index (χ4v) is 4.71. The number of nitrogens with one attached hydrogen (secondary N) is 1. The van der Waals surface area contributed by atoms with E-state index in [9.17, 15) is 9.59 Å². The molecule has 1 amide bonds. The SMILES string of the molecule is C=C1C(CC(=O)NC2CCCC2)CC(=O)C1c1c(C)cc(C)cc1C. The van der Waals surface area contributed by atoms with Gasteiger partial charge in [-0.25, -0.2) is 0 Å². The predicted molar refractivity (Wildman–Crippen MR) is 101 cm³/mol. The minimum absolute atomic E-state index is 0.0287. The molecule has 0 aromatic heterocycles. The summed E-state index contributed by atoms with van der Waals surface area (Å²) in [7, 11) is 0. The van der Waals surface area contributed by atoms with Gasteiger partial charge in [0, 0.05) is 18.9 Å². The van der Waals surface area contributed by atoms with E-state index in [0.717, 1.165) is 35.1 Å². The number of carbonyl (C=O) groups excluding carboxylic acids is 2. The maximum absolute atomic E-state index is 12.7. The van der Waals surface area contributed by atoms with Crippen molar-refractivity contribution >= 4 is 11.7 Å². The molecule has 1 aromatic rings. The summed E-state index contributed by atoms with van der Waals surface area (Å²) in [6, 6.07) is 4.58. The van der Waals surface area contributed by atoms with Crippen LogP contribution in [0.3, 0.4) is 0 Å². The van der Waals surface area contributed by atoms with Gasteiger partial charge >= 0.3 is 0 Å². The van der Waals surface area contributed by atoms with Crippen molar-refractivity contribution in [2.24, 2.45) is 5.92 Å². The third kappa shape index (κ3) is 3.70. The highest BCUT2D eigenvalue weighted by atomic mass is 16.1. The summed E-state index contributed by atoms with van der Waals surface area (Å²) < 4.78 is 0. The molecule has 0 spiro atoms. The molecule has 2 fully saturated rings. The number of carbonyl (C=O) groups is 2. The third-order valence-electron chi connectivity index (χ3n) is 5.84. The summed E-state index contributed by atoms with van der Waals surface area (Å²) in [4.78, 5) is 25.1. The number of hydrogen-bond acceptors (Lipinski definition) is 2. The second-order valence-electron chi connectivity index (χ2n) is 7.94. The van der Waals surface area contributed by atoms with Crippen LogP contribution in [-0.4, -0.2) is 17.7 Å². The van der Waals surface area contributed by atoms with Crippen molar-refractivity contribution in [3.05, 3.63) is 46.5 Å². The molecule has 2 atom stereocenters. The van der Waals surface area contributed by atoms with Gasteiger partial charge in [0.2, 0.25) is 5.91 Å². The van der Waals surface area contributed by atoms with Crippen LogP contribution in [0, 0.1) is 26.7 Å². The summed E-state index contributed by atoms with van der Waals surface area (Å²) in [6.07, 6.45) is 5.40. The predicted octanol–water partition coefficient (Wildman–Crippen LogP) is 4.29. The standard InChI is InChI=1S/C22H29NO2/c1-13-9-14(2)21(15(3)10-13)22-16(4)17(11-19(22)24)12-20(25)23-18-7-5-6-8-18/h9-10,17-18,22H,4-8,11-12H2,1-3H3,(H,23,25). The fourth-order valence-electron chi connectivity index (χ4n) is 4.71. The number of aryl methyl sites for hydroxylation is 3. The molecule has 1 N–H and O–H groups in total. The molecule has 134 valence electrons. The summed E-state index contributed by atoms with van der Waals surface area (Å²) in [5.74, 6) is 0.00598. The monoisotopic (exact) mass is 339 g/mol. The molecular weight excluding hydrogens is 310 g/mol. The molecule has 0 saturated heterocycles. The van der Waals surface area contributed by atoms with E-state index in [1.165, 1.54) is 18.4 Å². The van der Waals surface area contributed by atoms with E-state index in [0.29, 0.717) is 18.9 Å². The maximum Gasteiger partial charge on any atom is 0.220 e. The highest BCUT2D eigenvalue weighted by Gasteiger charge is 2.39. The first-order valence-electron chi connectivity index (χ1n) is 9.45. The lowest BCUT2D eigenvalue weighted by atomic mass is 9.84. The Morgan fingerprint density at radius 2 is 1.76 bits per heavy atom. The van der Waals surface area contributed by atoms with E-state index in [2.05, 4.69) is 44.8 Å². The largest absolute Gasteiger partial charge is 0.353 e. The highest BCUT2D eigenvalue weighted by molar-refractivity contribution is 5.94. The quantitative estimate of drug-likeness (QED) is 0.832. The summed E-state index contributed by atoms with van der Waals surface area (Å²) in [6.45, 7) is 10.4. The number of hydrogen-bond donors (Lipinski definition) is 1. The molecule has 2 aliphatic carbocycles. The highest BCUT2D eigenvalue weighted by Crippen LogP contribution is 2.43. The maximum atomic E-state index is 12.7. The minimum atomic E-state index is -0.245. The Morgan fingerprint density at radius 3 is 2.36 bits per heavy atom. The first-order valence-corrected chi connectivity index (χ1v) is 9.45. The van der Waals surface area contributed by atoms with Crippen LogP contribution in [0.1, 0.15) is 66.7 Å². The molecule has 3 heteroatoms. The molecule has 2 aliphatic rings. The van der Waals surface area contributed by atoms with Gasteiger partial charge in [0.25, 0.3) is 0 Å². The molecule has 0 radical (unpaired) electrons. The first-order chi connectivity index (χ1) is 11.9. The van der Waals surface area contributed by atoms with Gasteiger partial charge in [-0.15, -0.1) is 0 Å². The lowest BCUT2D eigenvalue weighted by Crippen LogP contribution is -2.33. The third-order valence-corrected chi connectivity index (χ3v) is 5.84. The first kappa shape index (κ1) is 17.9. The molecule has 0 heterocycles. The average Bonchev–Trinajstić information content (AvgIpc) is 3.10. The topological polar surface area (TPSA) is 46.2 Å². The minimum Gasteiger partial charge on any atom is -0.353 e. The Hall–Kier alpha value is -1.90. The van der Waals surface area contributed by atoms with Crippen molar-refractivity contribution in [1.29, 1.82) is 0 Å². The van der Waals surface area contributed by atoms with Crippen LogP contribution in [0.15, 0.2) is 24.3 Å². The molecule has 3 nitrogen and oxygen atoms in total. The Bertz CT molecular complexity index is 690. The number of allylic oxidation sites excluding steroid dienone is 1. The van der Waals surface area contributed by atoms with Crippen LogP contribution in [0.5, 0.6) is 0 Å². The van der Waals surface area contributed by atoms with Gasteiger partial charge in [0.15, 0.2) is 0 Å². The Kier molecular flexibility index (Phi) is 5.12. The zero-order valence-corrected chi connectivity index (χ0v) is 15.7. The second kappa shape index (κ2) is 7.15. The molecular formula is C22H29NO2. The molecule has 1 aromatic carbocycles. The second-order valence-corrected chi connectivity index (χ2v) is 7.94. The van der Waals surface area contributed by atoms with Crippen molar-refractivity contribution in [1.82, 2.24) is 5.32 Å². The van der Waals surface area contributed by atoms with E-state index < -0.39 is 0 Å². The van der Waals surface area contributed by atoms with Gasteiger partial charge in [-0.3, -0.25) is 9.59 Å². The lowest BCUT2D eigenvalue weighted by molar-refractivity contribution is -0.122. The van der Waals surface area contributed by atoms with E-state index in [-0.39, 0.29) is 23.5 Å². The summed E-state index contributed by atoms with van der Waals surface area (Å²) in [5.41, 5.74) is 5.52. The van der Waals surface area contributed by atoms with Crippen LogP contribution in [-0.2, 0) is 9.59 Å². The van der Waals surface area contributed by atoms with E-state index in [4.69, 9.17) is 0 Å². The van der Waals surface area contributed by atoms with Crippen molar-refractivity contribution in [3.63, 3.8) is 0 Å². The Morgan fingerprint density at radius 1 is 1.16 bits per heavy atom. The van der Waals surface area contributed by atoms with Gasteiger partial charge in [0.1, 0.15) is 5.78 Å². The number of rotatable bonds is 4. The molecule has 2 unspecified atom stereocenters. The van der Waals surface area contributed by atoms with Crippen molar-refractivity contribution in [3.8, 4) is 0 Å².